The van der Waals surface area contributed by atoms with Gasteiger partial charge in [-0.1, -0.05) is 34.1 Å². The highest BCUT2D eigenvalue weighted by Gasteiger charge is 2.42. The largest absolute Gasteiger partial charge is 0.351 e. The lowest BCUT2D eigenvalue weighted by Gasteiger charge is -2.37. The summed E-state index contributed by atoms with van der Waals surface area (Å²) < 4.78 is 2.91. The number of carbonyl (C=O) groups excluding carboxylic acids is 1. The zero-order valence-electron chi connectivity index (χ0n) is 13.8. The molecule has 0 aliphatic carbocycles. The normalized spacial score (nSPS) is 18.1. The Morgan fingerprint density at radius 3 is 2.79 bits per heavy atom. The third-order valence-corrected chi connectivity index (χ3v) is 5.43. The summed E-state index contributed by atoms with van der Waals surface area (Å²) in [5.74, 6) is 0.0623. The van der Waals surface area contributed by atoms with Crippen LogP contribution in [-0.2, 0) is 16.8 Å². The fraction of sp³-hybridized carbons (Fsp3) is 0.444. The summed E-state index contributed by atoms with van der Waals surface area (Å²) in [6.45, 7) is 3.70. The maximum atomic E-state index is 13.1. The molecule has 0 bridgehead atoms. The van der Waals surface area contributed by atoms with Crippen LogP contribution < -0.4 is 10.6 Å². The molecular formula is C18H23BrN4O. The first-order valence-corrected chi connectivity index (χ1v) is 9.16. The van der Waals surface area contributed by atoms with Crippen molar-refractivity contribution in [2.24, 2.45) is 0 Å². The van der Waals surface area contributed by atoms with Crippen LogP contribution in [0.5, 0.6) is 0 Å². The van der Waals surface area contributed by atoms with Gasteiger partial charge in [-0.2, -0.15) is 5.10 Å². The number of piperidine rings is 1. The highest BCUT2D eigenvalue weighted by atomic mass is 79.9. The molecule has 0 radical (unpaired) electrons. The molecule has 2 N–H and O–H groups in total. The van der Waals surface area contributed by atoms with Crippen LogP contribution >= 0.6 is 15.9 Å². The van der Waals surface area contributed by atoms with E-state index in [0.717, 1.165) is 36.8 Å². The molecule has 128 valence electrons. The number of amides is 1. The Morgan fingerprint density at radius 1 is 1.38 bits per heavy atom. The molecule has 5 nitrogen and oxygen atoms in total. The highest BCUT2D eigenvalue weighted by Crippen LogP contribution is 2.27. The van der Waals surface area contributed by atoms with E-state index in [9.17, 15) is 4.79 Å². The van der Waals surface area contributed by atoms with Crippen LogP contribution in [0.15, 0.2) is 47.2 Å². The van der Waals surface area contributed by atoms with E-state index in [-0.39, 0.29) is 11.9 Å². The maximum absolute atomic E-state index is 13.1. The number of benzene rings is 1. The van der Waals surface area contributed by atoms with Gasteiger partial charge in [0.05, 0.1) is 0 Å². The Labute approximate surface area is 151 Å². The molecule has 6 heteroatoms. The van der Waals surface area contributed by atoms with Crippen molar-refractivity contribution >= 4 is 21.8 Å². The molecule has 1 aromatic carbocycles. The van der Waals surface area contributed by atoms with Gasteiger partial charge in [0, 0.05) is 22.9 Å². The van der Waals surface area contributed by atoms with Crippen molar-refractivity contribution in [3.05, 3.63) is 52.8 Å². The number of halogens is 1. The van der Waals surface area contributed by atoms with Crippen LogP contribution in [0.3, 0.4) is 0 Å². The van der Waals surface area contributed by atoms with Gasteiger partial charge in [0.15, 0.2) is 0 Å². The van der Waals surface area contributed by atoms with Gasteiger partial charge in [0.25, 0.3) is 0 Å². The van der Waals surface area contributed by atoms with Gasteiger partial charge in [-0.3, -0.25) is 9.48 Å². The van der Waals surface area contributed by atoms with E-state index in [1.54, 1.807) is 6.20 Å². The van der Waals surface area contributed by atoms with Crippen LogP contribution in [0.1, 0.15) is 25.3 Å². The number of nitrogens with one attached hydrogen (secondary N) is 2. The van der Waals surface area contributed by atoms with E-state index in [1.807, 2.05) is 35.1 Å². The molecule has 3 rings (SSSR count). The van der Waals surface area contributed by atoms with Crippen molar-refractivity contribution in [1.29, 1.82) is 0 Å². The summed E-state index contributed by atoms with van der Waals surface area (Å²) in [5.41, 5.74) is 0.612. The predicted octanol–water partition coefficient (Wildman–Crippen LogP) is 2.47. The highest BCUT2D eigenvalue weighted by molar-refractivity contribution is 9.10. The number of carbonyl (C=O) groups is 1. The second kappa shape index (κ2) is 7.49. The average molecular weight is 391 g/mol. The Morgan fingerprint density at radius 2 is 2.12 bits per heavy atom. The third-order valence-electron chi connectivity index (χ3n) is 4.66. The van der Waals surface area contributed by atoms with Crippen molar-refractivity contribution in [2.75, 3.05) is 13.1 Å². The van der Waals surface area contributed by atoms with E-state index >= 15 is 0 Å². The molecule has 1 fully saturated rings. The maximum Gasteiger partial charge on any atom is 0.248 e. The fourth-order valence-corrected chi connectivity index (χ4v) is 3.77. The number of aromatic nitrogens is 2. The minimum absolute atomic E-state index is 0.0542. The standard InChI is InChI=1S/C18H23BrN4O/c1-14(13-15-5-2-3-6-16(15)19)22-17(24)18(7-10-20-11-8-18)23-12-4-9-21-23/h2-6,9,12,14,20H,7-8,10-11,13H2,1H3,(H,22,24). The Bertz CT molecular complexity index is 680. The van der Waals surface area contributed by atoms with Gasteiger partial charge in [0.1, 0.15) is 5.54 Å². The molecule has 2 heterocycles. The average Bonchev–Trinajstić information content (AvgIpc) is 3.12. The minimum atomic E-state index is -0.586. The number of nitrogens with zero attached hydrogens (tertiary/aromatic N) is 2. The molecule has 1 unspecified atom stereocenters. The molecule has 0 spiro atoms. The molecule has 1 aliphatic heterocycles. The van der Waals surface area contributed by atoms with Crippen LogP contribution in [0.4, 0.5) is 0 Å². The molecule has 0 saturated carbocycles. The van der Waals surface area contributed by atoms with Gasteiger partial charge in [-0.15, -0.1) is 0 Å². The van der Waals surface area contributed by atoms with Crippen LogP contribution in [0, 0.1) is 0 Å². The summed E-state index contributed by atoms with van der Waals surface area (Å²) in [6.07, 6.45) is 5.93. The van der Waals surface area contributed by atoms with E-state index in [2.05, 4.69) is 44.7 Å². The number of hydrogen-bond acceptors (Lipinski definition) is 3. The first-order valence-electron chi connectivity index (χ1n) is 8.37. The van der Waals surface area contributed by atoms with Gasteiger partial charge in [0.2, 0.25) is 5.91 Å². The molecule has 1 aromatic heterocycles. The van der Waals surface area contributed by atoms with E-state index in [0.29, 0.717) is 0 Å². The predicted molar refractivity (Wildman–Crippen MR) is 97.8 cm³/mol. The lowest BCUT2D eigenvalue weighted by atomic mass is 9.87. The van der Waals surface area contributed by atoms with Gasteiger partial charge < -0.3 is 10.6 Å². The lowest BCUT2D eigenvalue weighted by Crippen LogP contribution is -2.56. The topological polar surface area (TPSA) is 59.0 Å². The second-order valence-corrected chi connectivity index (χ2v) is 7.26. The van der Waals surface area contributed by atoms with Crippen molar-refractivity contribution in [1.82, 2.24) is 20.4 Å². The Hall–Kier alpha value is -1.66. The molecule has 1 atom stereocenters. The quantitative estimate of drug-likeness (QED) is 0.824. The summed E-state index contributed by atoms with van der Waals surface area (Å²) in [4.78, 5) is 13.1. The summed E-state index contributed by atoms with van der Waals surface area (Å²) >= 11 is 3.57. The molecule has 2 aromatic rings. The van der Waals surface area contributed by atoms with E-state index in [4.69, 9.17) is 0 Å². The second-order valence-electron chi connectivity index (χ2n) is 6.40. The van der Waals surface area contributed by atoms with Crippen molar-refractivity contribution < 1.29 is 4.79 Å². The minimum Gasteiger partial charge on any atom is -0.351 e. The van der Waals surface area contributed by atoms with E-state index in [1.165, 1.54) is 5.56 Å². The zero-order chi connectivity index (χ0) is 17.0. The molecular weight excluding hydrogens is 368 g/mol. The molecule has 1 amide bonds. The monoisotopic (exact) mass is 390 g/mol. The van der Waals surface area contributed by atoms with Crippen LogP contribution in [-0.4, -0.2) is 34.8 Å². The number of hydrogen-bond donors (Lipinski definition) is 2. The smallest absolute Gasteiger partial charge is 0.248 e. The van der Waals surface area contributed by atoms with Gasteiger partial charge >= 0.3 is 0 Å². The lowest BCUT2D eigenvalue weighted by molar-refractivity contribution is -0.132. The fourth-order valence-electron chi connectivity index (χ4n) is 3.33. The Kier molecular flexibility index (Phi) is 5.36. The summed E-state index contributed by atoms with van der Waals surface area (Å²) in [6, 6.07) is 10.1. The van der Waals surface area contributed by atoms with Gasteiger partial charge in [-0.25, -0.2) is 0 Å². The SMILES string of the molecule is CC(Cc1ccccc1Br)NC(=O)C1(n2cccn2)CCNCC1. The van der Waals surface area contributed by atoms with Crippen molar-refractivity contribution in [3.63, 3.8) is 0 Å². The third kappa shape index (κ3) is 3.54. The first kappa shape index (κ1) is 17.2. The van der Waals surface area contributed by atoms with Crippen LogP contribution in [0.25, 0.3) is 0 Å². The summed E-state index contributed by atoms with van der Waals surface area (Å²) in [5, 5.41) is 10.9. The molecule has 24 heavy (non-hydrogen) atoms. The van der Waals surface area contributed by atoms with Crippen molar-refractivity contribution in [2.45, 2.75) is 37.8 Å². The molecule has 1 saturated heterocycles. The zero-order valence-corrected chi connectivity index (χ0v) is 15.4. The molecule has 1 aliphatic rings. The van der Waals surface area contributed by atoms with Gasteiger partial charge in [-0.05, 0) is 57.0 Å². The van der Waals surface area contributed by atoms with Crippen LogP contribution in [0.2, 0.25) is 0 Å². The van der Waals surface area contributed by atoms with Crippen molar-refractivity contribution in [3.8, 4) is 0 Å². The Balaban J connectivity index is 1.73. The first-order chi connectivity index (χ1) is 11.6. The van der Waals surface area contributed by atoms with E-state index < -0.39 is 5.54 Å². The number of rotatable bonds is 5. The summed E-state index contributed by atoms with van der Waals surface area (Å²) in [7, 11) is 0.